The highest BCUT2D eigenvalue weighted by Gasteiger charge is 2.12. The zero-order chi connectivity index (χ0) is 23.5. The molecule has 0 saturated carbocycles. The van der Waals surface area contributed by atoms with Gasteiger partial charge in [-0.25, -0.2) is 4.98 Å². The van der Waals surface area contributed by atoms with Gasteiger partial charge in [0.1, 0.15) is 12.4 Å². The van der Waals surface area contributed by atoms with Gasteiger partial charge in [-0.15, -0.1) is 0 Å². The molecule has 4 aromatic rings. The van der Waals surface area contributed by atoms with Crippen LogP contribution < -0.4 is 10.3 Å². The van der Waals surface area contributed by atoms with Gasteiger partial charge in [0.15, 0.2) is 5.75 Å². The largest absolute Gasteiger partial charge is 0.486 e. The lowest BCUT2D eigenvalue weighted by Gasteiger charge is -2.11. The van der Waals surface area contributed by atoms with E-state index >= 15 is 0 Å². The highest BCUT2D eigenvalue weighted by Crippen LogP contribution is 2.34. The molecule has 8 heteroatoms. The predicted molar refractivity (Wildman–Crippen MR) is 138 cm³/mol. The molecule has 0 fully saturated rings. The van der Waals surface area contributed by atoms with E-state index in [1.54, 1.807) is 18.2 Å². The molecule has 0 saturated heterocycles. The summed E-state index contributed by atoms with van der Waals surface area (Å²) >= 11 is 16.3. The average Bonchev–Trinajstić information content (AvgIpc) is 2.78. The summed E-state index contributed by atoms with van der Waals surface area (Å²) in [6, 6.07) is 16.8. The van der Waals surface area contributed by atoms with Crippen molar-refractivity contribution in [2.45, 2.75) is 26.9 Å². The number of nitrogens with zero attached hydrogens (tertiary/aromatic N) is 3. The van der Waals surface area contributed by atoms with E-state index in [0.717, 1.165) is 15.6 Å². The Morgan fingerprint density at radius 2 is 1.88 bits per heavy atom. The summed E-state index contributed by atoms with van der Waals surface area (Å²) in [7, 11) is 0. The Balaban J connectivity index is 1.63. The van der Waals surface area contributed by atoms with E-state index in [1.165, 1.54) is 10.9 Å². The fourth-order valence-corrected chi connectivity index (χ4v) is 4.39. The highest BCUT2D eigenvalue weighted by atomic mass is 79.9. The standard InChI is InChI=1S/C25H20BrCl2N3O2/c1-3-23-30-22-8-7-18(26)12-19(22)25(32)31(23)29-13-17-10-20(27)24(21(28)11-17)33-14-16-6-4-5-15(2)9-16/h4-13H,3,14H2,1-2H3. The number of ether oxygens (including phenoxy) is 1. The first kappa shape index (κ1) is 23.5. The molecule has 0 aliphatic heterocycles. The van der Waals surface area contributed by atoms with E-state index in [0.29, 0.717) is 51.1 Å². The Morgan fingerprint density at radius 3 is 2.58 bits per heavy atom. The molecule has 0 bridgehead atoms. The monoisotopic (exact) mass is 543 g/mol. The molecule has 168 valence electrons. The Hall–Kier alpha value is -2.67. The molecule has 0 radical (unpaired) electrons. The molecule has 1 heterocycles. The summed E-state index contributed by atoms with van der Waals surface area (Å²) in [4.78, 5) is 17.6. The van der Waals surface area contributed by atoms with Crippen molar-refractivity contribution in [3.63, 3.8) is 0 Å². The predicted octanol–water partition coefficient (Wildman–Crippen LogP) is 6.80. The maximum Gasteiger partial charge on any atom is 0.282 e. The average molecular weight is 545 g/mol. The molecule has 0 N–H and O–H groups in total. The number of hydrogen-bond acceptors (Lipinski definition) is 4. The lowest BCUT2D eigenvalue weighted by atomic mass is 10.1. The number of rotatable bonds is 6. The molecule has 0 unspecified atom stereocenters. The van der Waals surface area contributed by atoms with Crippen molar-refractivity contribution in [3.05, 3.63) is 102 Å². The summed E-state index contributed by atoms with van der Waals surface area (Å²) < 4.78 is 7.97. The molecule has 0 aliphatic carbocycles. The molecule has 4 rings (SSSR count). The maximum absolute atomic E-state index is 13.0. The van der Waals surface area contributed by atoms with Crippen LogP contribution in [-0.2, 0) is 13.0 Å². The van der Waals surface area contributed by atoms with Gasteiger partial charge in [0.05, 0.1) is 27.2 Å². The first-order valence-corrected chi connectivity index (χ1v) is 11.8. The van der Waals surface area contributed by atoms with E-state index in [4.69, 9.17) is 27.9 Å². The molecule has 1 aromatic heterocycles. The summed E-state index contributed by atoms with van der Waals surface area (Å²) in [5, 5.41) is 5.59. The van der Waals surface area contributed by atoms with Crippen LogP contribution >= 0.6 is 39.1 Å². The van der Waals surface area contributed by atoms with Gasteiger partial charge in [-0.3, -0.25) is 4.79 Å². The molecule has 5 nitrogen and oxygen atoms in total. The van der Waals surface area contributed by atoms with Crippen LogP contribution in [0.25, 0.3) is 10.9 Å². The normalized spacial score (nSPS) is 11.4. The summed E-state index contributed by atoms with van der Waals surface area (Å²) in [6.45, 7) is 4.30. The maximum atomic E-state index is 13.0. The molecule has 3 aromatic carbocycles. The first-order chi connectivity index (χ1) is 15.9. The fraction of sp³-hybridized carbons (Fsp3) is 0.160. The Bertz CT molecular complexity index is 1410. The van der Waals surface area contributed by atoms with Crippen LogP contribution in [0.1, 0.15) is 29.4 Å². The summed E-state index contributed by atoms with van der Waals surface area (Å²) in [5.74, 6) is 0.960. The van der Waals surface area contributed by atoms with Gasteiger partial charge in [-0.05, 0) is 48.4 Å². The number of aryl methyl sites for hydroxylation is 2. The van der Waals surface area contributed by atoms with Crippen LogP contribution in [0, 0.1) is 6.92 Å². The van der Waals surface area contributed by atoms with Gasteiger partial charge in [0.25, 0.3) is 5.56 Å². The van der Waals surface area contributed by atoms with Crippen molar-refractivity contribution in [2.75, 3.05) is 0 Å². The van der Waals surface area contributed by atoms with E-state index in [2.05, 4.69) is 26.0 Å². The number of fused-ring (bicyclic) bond motifs is 1. The van der Waals surface area contributed by atoms with E-state index in [-0.39, 0.29) is 5.56 Å². The Kier molecular flexibility index (Phi) is 7.17. The Labute approximate surface area is 209 Å². The van der Waals surface area contributed by atoms with E-state index < -0.39 is 0 Å². The lowest BCUT2D eigenvalue weighted by Crippen LogP contribution is -2.22. The number of halogens is 3. The zero-order valence-corrected chi connectivity index (χ0v) is 21.1. The minimum absolute atomic E-state index is 0.246. The zero-order valence-electron chi connectivity index (χ0n) is 18.0. The van der Waals surface area contributed by atoms with Crippen molar-refractivity contribution < 1.29 is 4.74 Å². The molecule has 0 aliphatic rings. The van der Waals surface area contributed by atoms with Crippen LogP contribution in [0.3, 0.4) is 0 Å². The third-order valence-corrected chi connectivity index (χ3v) is 6.05. The van der Waals surface area contributed by atoms with Gasteiger partial charge in [-0.2, -0.15) is 9.78 Å². The molecule has 33 heavy (non-hydrogen) atoms. The van der Waals surface area contributed by atoms with Gasteiger partial charge < -0.3 is 4.74 Å². The minimum Gasteiger partial charge on any atom is -0.486 e. The molecule has 0 atom stereocenters. The first-order valence-electron chi connectivity index (χ1n) is 10.3. The van der Waals surface area contributed by atoms with Crippen LogP contribution in [0.4, 0.5) is 0 Å². The third kappa shape index (κ3) is 5.29. The van der Waals surface area contributed by atoms with Crippen molar-refractivity contribution in [1.29, 1.82) is 0 Å². The topological polar surface area (TPSA) is 56.5 Å². The van der Waals surface area contributed by atoms with Gasteiger partial charge >= 0.3 is 0 Å². The van der Waals surface area contributed by atoms with Crippen molar-refractivity contribution >= 4 is 56.2 Å². The van der Waals surface area contributed by atoms with Gasteiger partial charge in [0, 0.05) is 10.9 Å². The second kappa shape index (κ2) is 10.1. The molecule has 0 spiro atoms. The molecular weight excluding hydrogens is 525 g/mol. The number of hydrogen-bond donors (Lipinski definition) is 0. The summed E-state index contributed by atoms with van der Waals surface area (Å²) in [6.07, 6.45) is 2.08. The van der Waals surface area contributed by atoms with Crippen LogP contribution in [0.2, 0.25) is 10.0 Å². The minimum atomic E-state index is -0.246. The lowest BCUT2D eigenvalue weighted by molar-refractivity contribution is 0.306. The van der Waals surface area contributed by atoms with Crippen molar-refractivity contribution in [3.8, 4) is 5.75 Å². The fourth-order valence-electron chi connectivity index (χ4n) is 3.42. The second-order valence-electron chi connectivity index (χ2n) is 7.50. The van der Waals surface area contributed by atoms with Crippen molar-refractivity contribution in [1.82, 2.24) is 9.66 Å². The second-order valence-corrected chi connectivity index (χ2v) is 9.23. The highest BCUT2D eigenvalue weighted by molar-refractivity contribution is 9.10. The third-order valence-electron chi connectivity index (χ3n) is 5.00. The van der Waals surface area contributed by atoms with Crippen molar-refractivity contribution in [2.24, 2.45) is 5.10 Å². The van der Waals surface area contributed by atoms with Gasteiger partial charge in [0.2, 0.25) is 0 Å². The number of benzene rings is 3. The van der Waals surface area contributed by atoms with Crippen LogP contribution in [0.15, 0.2) is 69.0 Å². The molecular formula is C25H20BrCl2N3O2. The smallest absolute Gasteiger partial charge is 0.282 e. The molecule has 0 amide bonds. The van der Waals surface area contributed by atoms with E-state index in [1.807, 2.05) is 50.2 Å². The number of aromatic nitrogens is 2. The van der Waals surface area contributed by atoms with Crippen LogP contribution in [-0.4, -0.2) is 15.9 Å². The SMILES string of the molecule is CCc1nc2ccc(Br)cc2c(=O)n1N=Cc1cc(Cl)c(OCc2cccc(C)c2)c(Cl)c1. The Morgan fingerprint density at radius 1 is 1.12 bits per heavy atom. The van der Waals surface area contributed by atoms with E-state index in [9.17, 15) is 4.79 Å². The van der Waals surface area contributed by atoms with Crippen LogP contribution in [0.5, 0.6) is 5.75 Å². The van der Waals surface area contributed by atoms with Gasteiger partial charge in [-0.1, -0.05) is 75.9 Å². The quantitative estimate of drug-likeness (QED) is 0.251. The summed E-state index contributed by atoms with van der Waals surface area (Å²) in [5.41, 5.74) is 3.19.